The summed E-state index contributed by atoms with van der Waals surface area (Å²) in [5.74, 6) is -1.42. The SMILES string of the molecule is O=C(N[C@@H](C(=O)NC1=C2CC(CNCC(=O)N3CCN(C(=O)c4cc(Cc5n[nH]c(=O)c6ccccc56)ccc4F)CC3)(C2)OC1)C1CCCCC1)c1cccc([C@@H]2CCCN(C(=O)CNC3CC3)C2)c1.[HH].[HH].[HH].[HH].[HH]. The van der Waals surface area contributed by atoms with Crippen molar-refractivity contribution in [1.29, 1.82) is 0 Å². The van der Waals surface area contributed by atoms with E-state index >= 15 is 4.39 Å². The summed E-state index contributed by atoms with van der Waals surface area (Å²) in [7, 11) is 0. The Morgan fingerprint density at radius 1 is 0.817 bits per heavy atom. The van der Waals surface area contributed by atoms with Crippen molar-refractivity contribution in [3.8, 4) is 0 Å². The van der Waals surface area contributed by atoms with Crippen LogP contribution in [0.1, 0.15) is 121 Å². The van der Waals surface area contributed by atoms with E-state index in [0.717, 1.165) is 81.2 Å². The Hall–Kier alpha value is -6.30. The Morgan fingerprint density at radius 3 is 2.34 bits per heavy atom. The maximum atomic E-state index is 15.1. The van der Waals surface area contributed by atoms with Crippen molar-refractivity contribution in [3.63, 3.8) is 0 Å². The van der Waals surface area contributed by atoms with Crippen molar-refractivity contribution in [3.05, 3.63) is 122 Å². The van der Waals surface area contributed by atoms with E-state index in [9.17, 15) is 28.8 Å². The summed E-state index contributed by atoms with van der Waals surface area (Å²) < 4.78 is 21.5. The second-order valence-electron chi connectivity index (χ2n) is 20.5. The number of amides is 5. The number of nitrogens with one attached hydrogen (secondary N) is 5. The Bertz CT molecular complexity index is 2800. The van der Waals surface area contributed by atoms with Gasteiger partial charge in [-0.25, -0.2) is 9.49 Å². The molecule has 1 aromatic heterocycles. The summed E-state index contributed by atoms with van der Waals surface area (Å²) in [6.45, 7) is 3.66. The van der Waals surface area contributed by atoms with Crippen LogP contribution in [0.15, 0.2) is 82.8 Å². The van der Waals surface area contributed by atoms with Crippen LogP contribution >= 0.6 is 0 Å². The van der Waals surface area contributed by atoms with Gasteiger partial charge in [0.15, 0.2) is 0 Å². The third-order valence-electron chi connectivity index (χ3n) is 15.5. The highest BCUT2D eigenvalue weighted by Crippen LogP contribution is 2.45. The fraction of sp³-hybridized carbons (Fsp3) is 0.500. The first-order valence-corrected chi connectivity index (χ1v) is 25.6. The van der Waals surface area contributed by atoms with E-state index in [1.165, 1.54) is 12.1 Å². The van der Waals surface area contributed by atoms with E-state index in [1.54, 1.807) is 34.1 Å². The predicted molar refractivity (Wildman–Crippen MR) is 274 cm³/mol. The second kappa shape index (κ2) is 21.2. The molecule has 0 radical (unpaired) electrons. The van der Waals surface area contributed by atoms with Crippen molar-refractivity contribution in [2.24, 2.45) is 5.92 Å². The molecule has 5 heterocycles. The van der Waals surface area contributed by atoms with E-state index in [-0.39, 0.29) is 80.0 Å². The molecule has 17 heteroatoms. The van der Waals surface area contributed by atoms with Gasteiger partial charge in [-0.3, -0.25) is 28.8 Å². The van der Waals surface area contributed by atoms with E-state index in [1.807, 2.05) is 35.2 Å². The minimum absolute atomic E-state index is 0. The van der Waals surface area contributed by atoms with Gasteiger partial charge in [0.1, 0.15) is 11.9 Å². The standard InChI is InChI=1S/C54H64FN9O7.5H2/c55-44-18-15-34(25-45-41-13-4-5-14-42(41)51(68)61-60-45)24-43(44)53(70)63-22-20-62(21-23-63)47(65)29-56-33-54-27-39(28-54)46(32-71-54)58-52(69)49(35-8-2-1-3-9-35)59-50(67)37-11-6-10-36(26-37)38-12-7-19-64(31-38)48(66)30-57-40-16-17-40;;;;;/h4-6,10-11,13-15,18,24,26,35,38,40,49,56-57H,1-3,7-9,12,16-17,19-23,25,27-33H2,(H,58,69)(H,59,67)(H,61,68);5*1H/t38-,49-;;;;;/m1...../s1. The van der Waals surface area contributed by atoms with Crippen LogP contribution in [-0.2, 0) is 25.5 Å². The molecule has 0 spiro atoms. The number of carbonyl (C=O) groups is 5. The largest absolute Gasteiger partial charge is 0.367 e. The molecule has 5 fully saturated rings. The zero-order chi connectivity index (χ0) is 49.1. The number of carbonyl (C=O) groups excluding carboxylic acids is 5. The fourth-order valence-electron chi connectivity index (χ4n) is 11.2. The lowest BCUT2D eigenvalue weighted by atomic mass is 9.72. The number of hydrogen-bond donors (Lipinski definition) is 5. The van der Waals surface area contributed by atoms with Gasteiger partial charge in [0.25, 0.3) is 17.4 Å². The fourth-order valence-corrected chi connectivity index (χ4v) is 11.2. The number of aromatic amines is 1. The number of ether oxygens (including phenoxy) is 1. The van der Waals surface area contributed by atoms with Crippen LogP contribution in [0.3, 0.4) is 0 Å². The average molecular weight is 980 g/mol. The first-order valence-electron chi connectivity index (χ1n) is 25.6. The molecule has 4 aromatic rings. The van der Waals surface area contributed by atoms with Crippen molar-refractivity contribution in [2.75, 3.05) is 65.5 Å². The molecule has 3 aromatic carbocycles. The molecule has 2 bridgehead atoms. The van der Waals surface area contributed by atoms with Crippen LogP contribution in [0, 0.1) is 11.7 Å². The Morgan fingerprint density at radius 2 is 1.58 bits per heavy atom. The summed E-state index contributed by atoms with van der Waals surface area (Å²) in [6.07, 6.45) is 10.5. The number of piperazine rings is 1. The number of aromatic nitrogens is 2. The van der Waals surface area contributed by atoms with E-state index in [2.05, 4.69) is 31.5 Å². The monoisotopic (exact) mass is 980 g/mol. The smallest absolute Gasteiger partial charge is 0.272 e. The number of benzene rings is 3. The number of fused-ring (bicyclic) bond motifs is 3. The van der Waals surface area contributed by atoms with Gasteiger partial charge in [-0.15, -0.1) is 0 Å². The Labute approximate surface area is 419 Å². The molecule has 4 aliphatic heterocycles. The van der Waals surface area contributed by atoms with Gasteiger partial charge in [0.05, 0.1) is 41.9 Å². The summed E-state index contributed by atoms with van der Waals surface area (Å²) in [5, 5.41) is 20.9. The zero-order valence-electron chi connectivity index (χ0n) is 40.2. The molecule has 0 unspecified atom stereocenters. The lowest BCUT2D eigenvalue weighted by Gasteiger charge is -2.49. The lowest BCUT2D eigenvalue weighted by molar-refractivity contribution is -0.133. The topological polar surface area (TPSA) is 198 Å². The quantitative estimate of drug-likeness (QED) is 0.0953. The number of rotatable bonds is 16. The van der Waals surface area contributed by atoms with Gasteiger partial charge in [0, 0.05) is 101 Å². The maximum Gasteiger partial charge on any atom is 0.272 e. The molecule has 2 atom stereocenters. The summed E-state index contributed by atoms with van der Waals surface area (Å²) in [6, 6.07) is 19.0. The van der Waals surface area contributed by atoms with Gasteiger partial charge in [0.2, 0.25) is 17.7 Å². The van der Waals surface area contributed by atoms with Crippen molar-refractivity contribution < 1.29 is 40.2 Å². The summed E-state index contributed by atoms with van der Waals surface area (Å²) in [5.41, 5.74) is 3.84. The summed E-state index contributed by atoms with van der Waals surface area (Å²) in [4.78, 5) is 85.4. The maximum absolute atomic E-state index is 15.1. The molecular weight excluding hydrogens is 906 g/mol. The highest BCUT2D eigenvalue weighted by Gasteiger charge is 2.47. The molecule has 11 rings (SSSR count). The van der Waals surface area contributed by atoms with Gasteiger partial charge in [-0.2, -0.15) is 5.10 Å². The van der Waals surface area contributed by atoms with E-state index in [0.29, 0.717) is 85.6 Å². The normalized spacial score (nSPS) is 20.6. The van der Waals surface area contributed by atoms with Crippen LogP contribution < -0.4 is 26.8 Å². The van der Waals surface area contributed by atoms with E-state index < -0.39 is 23.4 Å². The van der Waals surface area contributed by atoms with Crippen molar-refractivity contribution in [1.82, 2.24) is 46.2 Å². The Kier molecular flexibility index (Phi) is 14.4. The highest BCUT2D eigenvalue weighted by molar-refractivity contribution is 5.98. The van der Waals surface area contributed by atoms with Gasteiger partial charge in [-0.1, -0.05) is 55.7 Å². The number of likely N-dealkylation sites (tertiary alicyclic amines) is 1. The number of piperidine rings is 1. The van der Waals surface area contributed by atoms with Crippen molar-refractivity contribution in [2.45, 2.75) is 101 Å². The minimum atomic E-state index is -0.702. The first kappa shape index (κ1) is 48.3. The number of halogens is 1. The number of hydrogen-bond acceptors (Lipinski definition) is 10. The van der Waals surface area contributed by atoms with Crippen LogP contribution in [0.5, 0.6) is 0 Å². The molecule has 16 nitrogen and oxygen atoms in total. The molecule has 3 aliphatic carbocycles. The van der Waals surface area contributed by atoms with Crippen LogP contribution in [0.2, 0.25) is 0 Å². The van der Waals surface area contributed by atoms with Gasteiger partial charge in [-0.05, 0) is 91.5 Å². The molecular formula is C54H74FN9O7. The molecule has 384 valence electrons. The lowest BCUT2D eigenvalue weighted by Crippen LogP contribution is -2.58. The van der Waals surface area contributed by atoms with Gasteiger partial charge < -0.3 is 40.7 Å². The predicted octanol–water partition coefficient (Wildman–Crippen LogP) is 5.53. The Balaban J connectivity index is 0.00000213. The average Bonchev–Trinajstić information content (AvgIpc) is 4.24. The van der Waals surface area contributed by atoms with Crippen LogP contribution in [-0.4, -0.2) is 138 Å². The second-order valence-corrected chi connectivity index (χ2v) is 20.5. The summed E-state index contributed by atoms with van der Waals surface area (Å²) >= 11 is 0. The molecule has 7 aliphatic rings. The number of nitrogens with zero attached hydrogens (tertiary/aromatic N) is 4. The van der Waals surface area contributed by atoms with Crippen LogP contribution in [0.4, 0.5) is 4.39 Å². The van der Waals surface area contributed by atoms with Crippen molar-refractivity contribution >= 4 is 40.3 Å². The number of H-pyrrole nitrogens is 1. The molecule has 2 saturated heterocycles. The third-order valence-corrected chi connectivity index (χ3v) is 15.5. The minimum Gasteiger partial charge on any atom is -0.367 e. The molecule has 5 N–H and O–H groups in total. The zero-order valence-corrected chi connectivity index (χ0v) is 40.2. The molecule has 5 amide bonds. The third kappa shape index (κ3) is 11.1. The van der Waals surface area contributed by atoms with Gasteiger partial charge >= 0.3 is 0 Å². The molecule has 71 heavy (non-hydrogen) atoms. The first-order chi connectivity index (χ1) is 34.5. The highest BCUT2D eigenvalue weighted by atomic mass is 19.1. The molecule has 3 saturated carbocycles. The van der Waals surface area contributed by atoms with E-state index in [4.69, 9.17) is 4.74 Å². The van der Waals surface area contributed by atoms with Crippen LogP contribution in [0.25, 0.3) is 10.8 Å².